The van der Waals surface area contributed by atoms with Crippen LogP contribution in [-0.4, -0.2) is 23.4 Å². The highest BCUT2D eigenvalue weighted by Crippen LogP contribution is 2.35. The molecule has 0 aromatic heterocycles. The first-order valence-corrected chi connectivity index (χ1v) is 12.2. The van der Waals surface area contributed by atoms with Crippen molar-refractivity contribution in [3.63, 3.8) is 0 Å². The van der Waals surface area contributed by atoms with E-state index < -0.39 is 6.03 Å². The van der Waals surface area contributed by atoms with Gasteiger partial charge in [0.15, 0.2) is 11.5 Å². The molecule has 3 amide bonds. The van der Waals surface area contributed by atoms with E-state index in [0.29, 0.717) is 23.7 Å². The molecule has 1 fully saturated rings. The predicted octanol–water partition coefficient (Wildman–Crippen LogP) is 5.81. The molecule has 180 valence electrons. The largest absolute Gasteiger partial charge is 0.490 e. The highest BCUT2D eigenvalue weighted by molar-refractivity contribution is 14.1. The lowest BCUT2D eigenvalue weighted by atomic mass is 10.1. The van der Waals surface area contributed by atoms with Crippen LogP contribution < -0.4 is 14.8 Å². The Balaban J connectivity index is 1.54. The van der Waals surface area contributed by atoms with Gasteiger partial charge < -0.3 is 14.8 Å². The van der Waals surface area contributed by atoms with E-state index in [1.54, 1.807) is 24.3 Å². The van der Waals surface area contributed by atoms with Crippen molar-refractivity contribution < 1.29 is 23.5 Å². The fourth-order valence-corrected chi connectivity index (χ4v) is 4.35. The van der Waals surface area contributed by atoms with Gasteiger partial charge in [-0.05, 0) is 83.5 Å². The molecule has 1 aliphatic rings. The molecule has 0 saturated carbocycles. The van der Waals surface area contributed by atoms with Crippen molar-refractivity contribution in [3.8, 4) is 11.5 Å². The molecule has 0 spiro atoms. The summed E-state index contributed by atoms with van der Waals surface area (Å²) < 4.78 is 25.7. The molecule has 1 saturated heterocycles. The van der Waals surface area contributed by atoms with Crippen LogP contribution in [-0.2, 0) is 17.9 Å². The zero-order valence-electron chi connectivity index (χ0n) is 19.3. The second kappa shape index (κ2) is 10.9. The molecule has 0 radical (unpaired) electrons. The maximum absolute atomic E-state index is 13.2. The smallest absolute Gasteiger partial charge is 0.329 e. The predicted molar refractivity (Wildman–Crippen MR) is 139 cm³/mol. The highest BCUT2D eigenvalue weighted by atomic mass is 127. The van der Waals surface area contributed by atoms with E-state index in [1.807, 2.05) is 44.2 Å². The monoisotopic (exact) mass is 586 g/mol. The molecule has 0 bridgehead atoms. The van der Waals surface area contributed by atoms with Crippen LogP contribution in [0.1, 0.15) is 29.2 Å². The SMILES string of the molecule is CCOc1cc(/C=C2/NC(=O)N(Cc3ccc(C)cc3)C2=O)cc(I)c1OCc1ccc(F)cc1. The number of imide groups is 1. The van der Waals surface area contributed by atoms with Crippen molar-refractivity contribution in [2.24, 2.45) is 0 Å². The number of rotatable bonds is 8. The van der Waals surface area contributed by atoms with Crippen molar-refractivity contribution in [1.29, 1.82) is 0 Å². The normalized spacial score (nSPS) is 14.4. The second-order valence-corrected chi connectivity index (χ2v) is 9.21. The van der Waals surface area contributed by atoms with Gasteiger partial charge in [0.25, 0.3) is 5.91 Å². The Kier molecular flexibility index (Phi) is 7.70. The number of carbonyl (C=O) groups excluding carboxylic acids is 2. The first kappa shape index (κ1) is 24.7. The van der Waals surface area contributed by atoms with E-state index in [2.05, 4.69) is 27.9 Å². The number of urea groups is 1. The molecule has 1 aliphatic heterocycles. The minimum Gasteiger partial charge on any atom is -0.490 e. The van der Waals surface area contributed by atoms with Crippen LogP contribution >= 0.6 is 22.6 Å². The first-order chi connectivity index (χ1) is 16.8. The van der Waals surface area contributed by atoms with Crippen molar-refractivity contribution in [1.82, 2.24) is 10.2 Å². The fraction of sp³-hybridized carbons (Fsp3) is 0.185. The lowest BCUT2D eigenvalue weighted by molar-refractivity contribution is -0.123. The van der Waals surface area contributed by atoms with E-state index in [4.69, 9.17) is 9.47 Å². The number of hydrogen-bond acceptors (Lipinski definition) is 4. The third-order valence-electron chi connectivity index (χ3n) is 5.36. The van der Waals surface area contributed by atoms with Gasteiger partial charge in [0.1, 0.15) is 18.1 Å². The molecular formula is C27H24FIN2O4. The number of nitrogens with one attached hydrogen (secondary N) is 1. The van der Waals surface area contributed by atoms with E-state index in [1.165, 1.54) is 17.0 Å². The third kappa shape index (κ3) is 6.00. The van der Waals surface area contributed by atoms with Crippen LogP contribution in [0.5, 0.6) is 11.5 Å². The van der Waals surface area contributed by atoms with Crippen molar-refractivity contribution in [2.45, 2.75) is 27.0 Å². The summed E-state index contributed by atoms with van der Waals surface area (Å²) in [5.74, 6) is 0.380. The third-order valence-corrected chi connectivity index (χ3v) is 6.16. The van der Waals surface area contributed by atoms with E-state index in [-0.39, 0.29) is 30.6 Å². The number of hydrogen-bond donors (Lipinski definition) is 1. The van der Waals surface area contributed by atoms with Crippen LogP contribution in [0.4, 0.5) is 9.18 Å². The standard InChI is InChI=1S/C27H24FIN2O4/c1-3-34-24-14-20(12-22(29)25(24)35-16-19-8-10-21(28)11-9-19)13-23-26(32)31(27(33)30-23)15-18-6-4-17(2)5-7-18/h4-14H,3,15-16H2,1-2H3,(H,30,33)/b23-13+. The molecular weight excluding hydrogens is 562 g/mol. The van der Waals surface area contributed by atoms with Gasteiger partial charge in [-0.15, -0.1) is 0 Å². The molecule has 0 unspecified atom stereocenters. The Bertz CT molecular complexity index is 1270. The summed E-state index contributed by atoms with van der Waals surface area (Å²) in [4.78, 5) is 26.6. The fourth-order valence-electron chi connectivity index (χ4n) is 3.57. The summed E-state index contributed by atoms with van der Waals surface area (Å²) in [6.45, 7) is 4.71. The zero-order chi connectivity index (χ0) is 24.9. The molecule has 8 heteroatoms. The average Bonchev–Trinajstić information content (AvgIpc) is 3.08. The second-order valence-electron chi connectivity index (χ2n) is 8.04. The quantitative estimate of drug-likeness (QED) is 0.206. The van der Waals surface area contributed by atoms with Crippen LogP contribution in [0.25, 0.3) is 6.08 Å². The van der Waals surface area contributed by atoms with Gasteiger partial charge in [-0.25, -0.2) is 9.18 Å². The van der Waals surface area contributed by atoms with Crippen LogP contribution in [0.2, 0.25) is 0 Å². The maximum atomic E-state index is 13.2. The minimum atomic E-state index is -0.458. The van der Waals surface area contributed by atoms with Gasteiger partial charge in [0, 0.05) is 0 Å². The van der Waals surface area contributed by atoms with Crippen LogP contribution in [0.3, 0.4) is 0 Å². The van der Waals surface area contributed by atoms with Crippen molar-refractivity contribution >= 4 is 40.6 Å². The number of amides is 3. The van der Waals surface area contributed by atoms with Crippen LogP contribution in [0, 0.1) is 16.3 Å². The Morgan fingerprint density at radius 2 is 1.69 bits per heavy atom. The van der Waals surface area contributed by atoms with Gasteiger partial charge in [0.2, 0.25) is 0 Å². The lowest BCUT2D eigenvalue weighted by Gasteiger charge is -2.15. The van der Waals surface area contributed by atoms with E-state index >= 15 is 0 Å². The number of halogens is 2. The van der Waals surface area contributed by atoms with Crippen molar-refractivity contribution in [2.75, 3.05) is 6.61 Å². The van der Waals surface area contributed by atoms with Gasteiger partial charge >= 0.3 is 6.03 Å². The number of carbonyl (C=O) groups is 2. The Morgan fingerprint density at radius 3 is 2.37 bits per heavy atom. The molecule has 0 atom stereocenters. The summed E-state index contributed by atoms with van der Waals surface area (Å²) >= 11 is 2.14. The van der Waals surface area contributed by atoms with Crippen molar-refractivity contribution in [3.05, 3.63) is 98.0 Å². The zero-order valence-corrected chi connectivity index (χ0v) is 21.5. The molecule has 4 rings (SSSR count). The van der Waals surface area contributed by atoms with E-state index in [0.717, 1.165) is 20.3 Å². The lowest BCUT2D eigenvalue weighted by Crippen LogP contribution is -2.30. The van der Waals surface area contributed by atoms with Gasteiger partial charge in [-0.1, -0.05) is 42.0 Å². The van der Waals surface area contributed by atoms with Gasteiger partial charge in [-0.3, -0.25) is 9.69 Å². The summed E-state index contributed by atoms with van der Waals surface area (Å²) in [5, 5.41) is 2.66. The average molecular weight is 586 g/mol. The highest BCUT2D eigenvalue weighted by Gasteiger charge is 2.33. The molecule has 35 heavy (non-hydrogen) atoms. The number of ether oxygens (including phenoxy) is 2. The summed E-state index contributed by atoms with van der Waals surface area (Å²) in [5.41, 5.74) is 3.68. The maximum Gasteiger partial charge on any atom is 0.329 e. The molecule has 0 aliphatic carbocycles. The minimum absolute atomic E-state index is 0.195. The summed E-state index contributed by atoms with van der Waals surface area (Å²) in [6, 6.07) is 16.9. The molecule has 1 heterocycles. The Morgan fingerprint density at radius 1 is 1.00 bits per heavy atom. The topological polar surface area (TPSA) is 67.9 Å². The number of nitrogens with zero attached hydrogens (tertiary/aromatic N) is 1. The van der Waals surface area contributed by atoms with E-state index in [9.17, 15) is 14.0 Å². The Labute approximate surface area is 216 Å². The van der Waals surface area contributed by atoms with Gasteiger partial charge in [-0.2, -0.15) is 0 Å². The first-order valence-electron chi connectivity index (χ1n) is 11.1. The molecule has 3 aromatic rings. The van der Waals surface area contributed by atoms with Crippen LogP contribution in [0.15, 0.2) is 66.4 Å². The summed E-state index contributed by atoms with van der Waals surface area (Å²) in [7, 11) is 0. The summed E-state index contributed by atoms with van der Waals surface area (Å²) in [6.07, 6.45) is 1.63. The van der Waals surface area contributed by atoms with Gasteiger partial charge in [0.05, 0.1) is 16.7 Å². The molecule has 3 aromatic carbocycles. The number of aryl methyl sites for hydroxylation is 1. The molecule has 6 nitrogen and oxygen atoms in total. The Hall–Kier alpha value is -3.40. The number of benzene rings is 3. The molecule has 1 N–H and O–H groups in total.